The SMILES string of the molecule is CC1=C[C@H](C)[C@H](C2OCC3(CO2)[C@H](C)C=C(C)C[C@@H]3C)[C@@H](C)C1. The molecular weight excluding hydrogens is 284 g/mol. The maximum atomic E-state index is 6.38. The molecule has 5 atom stereocenters. The van der Waals surface area contributed by atoms with Gasteiger partial charge in [-0.25, -0.2) is 0 Å². The minimum atomic E-state index is -0.0265. The second kappa shape index (κ2) is 6.37. The van der Waals surface area contributed by atoms with E-state index in [0.717, 1.165) is 13.2 Å². The minimum absolute atomic E-state index is 0.0265. The fourth-order valence-corrected chi connectivity index (χ4v) is 5.44. The van der Waals surface area contributed by atoms with Gasteiger partial charge >= 0.3 is 0 Å². The number of allylic oxidation sites excluding steroid dienone is 4. The lowest BCUT2D eigenvalue weighted by atomic mass is 9.62. The Morgan fingerprint density at radius 3 is 2.09 bits per heavy atom. The minimum Gasteiger partial charge on any atom is -0.352 e. The maximum absolute atomic E-state index is 6.38. The molecule has 1 spiro atoms. The standard InChI is InChI=1S/C21H34O2/c1-13-7-15(3)19(16(4)8-13)20-22-11-21(12-23-20)17(5)9-14(2)10-18(21)6/h7,9,15-20H,8,10-12H2,1-6H3/t15-,16-,17+,18-,19-,20?,21?/m0/s1. The molecule has 1 saturated heterocycles. The Morgan fingerprint density at radius 1 is 0.913 bits per heavy atom. The number of ether oxygens (including phenoxy) is 2. The molecule has 3 rings (SSSR count). The third kappa shape index (κ3) is 3.05. The van der Waals surface area contributed by atoms with Gasteiger partial charge in [-0.1, -0.05) is 51.0 Å². The Bertz CT molecular complexity index is 496. The quantitative estimate of drug-likeness (QED) is 0.618. The van der Waals surface area contributed by atoms with Crippen molar-refractivity contribution in [3.8, 4) is 0 Å². The Balaban J connectivity index is 1.71. The number of hydrogen-bond acceptors (Lipinski definition) is 2. The molecule has 1 aliphatic heterocycles. The van der Waals surface area contributed by atoms with E-state index in [-0.39, 0.29) is 11.7 Å². The van der Waals surface area contributed by atoms with Gasteiger partial charge in [0.05, 0.1) is 13.2 Å². The first-order chi connectivity index (χ1) is 10.8. The van der Waals surface area contributed by atoms with Gasteiger partial charge in [0.1, 0.15) is 0 Å². The van der Waals surface area contributed by atoms with Crippen molar-refractivity contribution in [1.29, 1.82) is 0 Å². The van der Waals surface area contributed by atoms with Crippen molar-refractivity contribution in [2.75, 3.05) is 13.2 Å². The van der Waals surface area contributed by atoms with Crippen molar-refractivity contribution >= 4 is 0 Å². The van der Waals surface area contributed by atoms with E-state index in [2.05, 4.69) is 53.7 Å². The summed E-state index contributed by atoms with van der Waals surface area (Å²) in [7, 11) is 0. The van der Waals surface area contributed by atoms with E-state index < -0.39 is 0 Å². The first-order valence-electron chi connectivity index (χ1n) is 9.41. The molecule has 23 heavy (non-hydrogen) atoms. The van der Waals surface area contributed by atoms with Crippen LogP contribution in [0, 0.1) is 35.0 Å². The molecule has 2 aliphatic carbocycles. The van der Waals surface area contributed by atoms with E-state index in [0.29, 0.717) is 29.6 Å². The van der Waals surface area contributed by atoms with Crippen molar-refractivity contribution in [3.05, 3.63) is 23.3 Å². The van der Waals surface area contributed by atoms with Crippen LogP contribution in [0.25, 0.3) is 0 Å². The van der Waals surface area contributed by atoms with Gasteiger partial charge in [-0.3, -0.25) is 0 Å². The Hall–Kier alpha value is -0.600. The van der Waals surface area contributed by atoms with Gasteiger partial charge in [0.25, 0.3) is 0 Å². The van der Waals surface area contributed by atoms with Crippen LogP contribution in [0.4, 0.5) is 0 Å². The van der Waals surface area contributed by atoms with Gasteiger partial charge in [-0.2, -0.15) is 0 Å². The second-order valence-electron chi connectivity index (χ2n) is 8.76. The topological polar surface area (TPSA) is 18.5 Å². The number of hydrogen-bond donors (Lipinski definition) is 0. The Morgan fingerprint density at radius 2 is 1.52 bits per heavy atom. The van der Waals surface area contributed by atoms with Crippen LogP contribution in [0.5, 0.6) is 0 Å². The van der Waals surface area contributed by atoms with Crippen LogP contribution in [0.2, 0.25) is 0 Å². The lowest BCUT2D eigenvalue weighted by molar-refractivity contribution is -0.277. The summed E-state index contributed by atoms with van der Waals surface area (Å²) in [5.74, 6) is 2.84. The van der Waals surface area contributed by atoms with Gasteiger partial charge in [-0.05, 0) is 50.4 Å². The van der Waals surface area contributed by atoms with Crippen molar-refractivity contribution in [1.82, 2.24) is 0 Å². The summed E-state index contributed by atoms with van der Waals surface area (Å²) in [5.41, 5.74) is 3.21. The van der Waals surface area contributed by atoms with Crippen LogP contribution >= 0.6 is 0 Å². The monoisotopic (exact) mass is 318 g/mol. The average Bonchev–Trinajstić information content (AvgIpc) is 2.45. The molecule has 3 aliphatic rings. The van der Waals surface area contributed by atoms with Gasteiger partial charge in [0, 0.05) is 11.3 Å². The zero-order chi connectivity index (χ0) is 16.8. The van der Waals surface area contributed by atoms with Crippen molar-refractivity contribution in [3.63, 3.8) is 0 Å². The first kappa shape index (κ1) is 17.2. The highest BCUT2D eigenvalue weighted by atomic mass is 16.7. The normalized spacial score (nSPS) is 48.1. The highest BCUT2D eigenvalue weighted by Crippen LogP contribution is 2.48. The molecule has 0 aromatic rings. The first-order valence-corrected chi connectivity index (χ1v) is 9.41. The molecule has 130 valence electrons. The number of rotatable bonds is 1. The molecule has 0 N–H and O–H groups in total. The lowest BCUT2D eigenvalue weighted by Crippen LogP contribution is -2.53. The Labute approximate surface area is 142 Å². The second-order valence-corrected chi connectivity index (χ2v) is 8.76. The highest BCUT2D eigenvalue weighted by molar-refractivity contribution is 5.14. The molecular formula is C21H34O2. The maximum Gasteiger partial charge on any atom is 0.161 e. The third-order valence-electron chi connectivity index (χ3n) is 6.85. The van der Waals surface area contributed by atoms with Crippen LogP contribution in [0.15, 0.2) is 23.3 Å². The molecule has 1 fully saturated rings. The summed E-state index contributed by atoms with van der Waals surface area (Å²) < 4.78 is 12.8. The van der Waals surface area contributed by atoms with E-state index in [4.69, 9.17) is 9.47 Å². The van der Waals surface area contributed by atoms with E-state index in [1.165, 1.54) is 24.0 Å². The van der Waals surface area contributed by atoms with Crippen LogP contribution in [-0.2, 0) is 9.47 Å². The predicted octanol–water partition coefficient (Wildman–Crippen LogP) is 5.21. The third-order valence-corrected chi connectivity index (χ3v) is 6.85. The summed E-state index contributed by atoms with van der Waals surface area (Å²) in [4.78, 5) is 0. The zero-order valence-electron chi connectivity index (χ0n) is 15.8. The molecule has 1 heterocycles. The van der Waals surface area contributed by atoms with E-state index in [9.17, 15) is 0 Å². The summed E-state index contributed by atoms with van der Waals surface area (Å²) in [5, 5.41) is 0. The highest BCUT2D eigenvalue weighted by Gasteiger charge is 2.48. The van der Waals surface area contributed by atoms with E-state index >= 15 is 0 Å². The van der Waals surface area contributed by atoms with Gasteiger partial charge in [0.15, 0.2) is 6.29 Å². The van der Waals surface area contributed by atoms with Crippen molar-refractivity contribution < 1.29 is 9.47 Å². The summed E-state index contributed by atoms with van der Waals surface area (Å²) in [6.07, 6.45) is 7.18. The largest absolute Gasteiger partial charge is 0.352 e. The molecule has 0 unspecified atom stereocenters. The van der Waals surface area contributed by atoms with E-state index in [1.54, 1.807) is 0 Å². The molecule has 0 amide bonds. The smallest absolute Gasteiger partial charge is 0.161 e. The average molecular weight is 319 g/mol. The van der Waals surface area contributed by atoms with E-state index in [1.807, 2.05) is 0 Å². The summed E-state index contributed by atoms with van der Waals surface area (Å²) in [6.45, 7) is 15.6. The fraction of sp³-hybridized carbons (Fsp3) is 0.810. The Kier molecular flexibility index (Phi) is 4.77. The predicted molar refractivity (Wildman–Crippen MR) is 95.0 cm³/mol. The van der Waals surface area contributed by atoms with Gasteiger partial charge < -0.3 is 9.47 Å². The molecule has 2 heteroatoms. The van der Waals surface area contributed by atoms with Crippen molar-refractivity contribution in [2.45, 2.75) is 60.7 Å². The fourth-order valence-electron chi connectivity index (χ4n) is 5.44. The molecule has 0 radical (unpaired) electrons. The summed E-state index contributed by atoms with van der Waals surface area (Å²) >= 11 is 0. The van der Waals surface area contributed by atoms with Gasteiger partial charge in [-0.15, -0.1) is 0 Å². The van der Waals surface area contributed by atoms with Crippen LogP contribution in [-0.4, -0.2) is 19.5 Å². The molecule has 2 nitrogen and oxygen atoms in total. The zero-order valence-corrected chi connectivity index (χ0v) is 15.8. The molecule has 0 bridgehead atoms. The van der Waals surface area contributed by atoms with Crippen LogP contribution in [0.1, 0.15) is 54.4 Å². The van der Waals surface area contributed by atoms with Crippen LogP contribution < -0.4 is 0 Å². The molecule has 0 aromatic heterocycles. The molecule has 0 saturated carbocycles. The van der Waals surface area contributed by atoms with Crippen LogP contribution in [0.3, 0.4) is 0 Å². The van der Waals surface area contributed by atoms with Crippen molar-refractivity contribution in [2.24, 2.45) is 35.0 Å². The lowest BCUT2D eigenvalue weighted by Gasteiger charge is -2.51. The summed E-state index contributed by atoms with van der Waals surface area (Å²) in [6, 6.07) is 0. The molecule has 0 aromatic carbocycles. The van der Waals surface area contributed by atoms with Gasteiger partial charge in [0.2, 0.25) is 0 Å².